The summed E-state index contributed by atoms with van der Waals surface area (Å²) in [7, 11) is 0. The van der Waals surface area contributed by atoms with Crippen molar-refractivity contribution in [1.29, 1.82) is 0 Å². The smallest absolute Gasteiger partial charge is 0.0963 e. The minimum absolute atomic E-state index is 0.642. The molecule has 16 heavy (non-hydrogen) atoms. The van der Waals surface area contributed by atoms with Crippen LogP contribution >= 0.6 is 0 Å². The molecule has 1 aliphatic rings. The monoisotopic (exact) mass is 222 g/mol. The van der Waals surface area contributed by atoms with Crippen LogP contribution in [-0.4, -0.2) is 5.11 Å². The molecule has 0 aromatic carbocycles. The second-order valence-electron chi connectivity index (χ2n) is 5.48. The molecule has 0 bridgehead atoms. The molecule has 0 spiro atoms. The van der Waals surface area contributed by atoms with Crippen molar-refractivity contribution in [1.82, 2.24) is 0 Å². The highest BCUT2D eigenvalue weighted by atomic mass is 16.3. The van der Waals surface area contributed by atoms with E-state index in [-0.39, 0.29) is 0 Å². The quantitative estimate of drug-likeness (QED) is 0.774. The molecular weight excluding hydrogens is 200 g/mol. The van der Waals surface area contributed by atoms with E-state index in [1.165, 1.54) is 6.42 Å². The highest BCUT2D eigenvalue weighted by Crippen LogP contribution is 2.39. The van der Waals surface area contributed by atoms with Crippen molar-refractivity contribution in [2.75, 3.05) is 0 Å². The topological polar surface area (TPSA) is 33.4 Å². The SMILES string of the molecule is CC(C)C1CCCC(O)(c2ccoc2)CC1. The van der Waals surface area contributed by atoms with Crippen LogP contribution in [0.15, 0.2) is 23.0 Å². The molecule has 2 unspecified atom stereocenters. The Bertz CT molecular complexity index is 315. The molecule has 2 nitrogen and oxygen atoms in total. The summed E-state index contributed by atoms with van der Waals surface area (Å²) in [6.45, 7) is 4.57. The molecule has 1 aliphatic carbocycles. The normalized spacial score (nSPS) is 31.6. The largest absolute Gasteiger partial charge is 0.472 e. The summed E-state index contributed by atoms with van der Waals surface area (Å²) in [6, 6.07) is 1.90. The molecule has 0 amide bonds. The summed E-state index contributed by atoms with van der Waals surface area (Å²) in [5.41, 5.74) is 0.313. The summed E-state index contributed by atoms with van der Waals surface area (Å²) < 4.78 is 5.09. The van der Waals surface area contributed by atoms with Crippen LogP contribution in [0, 0.1) is 11.8 Å². The van der Waals surface area contributed by atoms with E-state index in [0.29, 0.717) is 0 Å². The van der Waals surface area contributed by atoms with E-state index >= 15 is 0 Å². The van der Waals surface area contributed by atoms with Crippen molar-refractivity contribution in [3.8, 4) is 0 Å². The highest BCUT2D eigenvalue weighted by molar-refractivity contribution is 5.16. The molecule has 0 aliphatic heterocycles. The van der Waals surface area contributed by atoms with Crippen molar-refractivity contribution < 1.29 is 9.52 Å². The zero-order chi connectivity index (χ0) is 11.6. The van der Waals surface area contributed by atoms with Gasteiger partial charge < -0.3 is 9.52 Å². The van der Waals surface area contributed by atoms with Crippen LogP contribution in [0.1, 0.15) is 51.5 Å². The number of furan rings is 1. The standard InChI is InChI=1S/C14H22O2/c1-11(2)12-4-3-7-14(15,8-5-12)13-6-9-16-10-13/h6,9-12,15H,3-5,7-8H2,1-2H3. The fourth-order valence-electron chi connectivity index (χ4n) is 2.83. The van der Waals surface area contributed by atoms with Crippen LogP contribution in [0.2, 0.25) is 0 Å². The van der Waals surface area contributed by atoms with Crippen LogP contribution < -0.4 is 0 Å². The van der Waals surface area contributed by atoms with Gasteiger partial charge >= 0.3 is 0 Å². The van der Waals surface area contributed by atoms with Gasteiger partial charge in [0.15, 0.2) is 0 Å². The van der Waals surface area contributed by atoms with Gasteiger partial charge in [-0.15, -0.1) is 0 Å². The molecule has 2 heteroatoms. The Labute approximate surface area is 97.7 Å². The first-order chi connectivity index (χ1) is 7.62. The van der Waals surface area contributed by atoms with Gasteiger partial charge in [0, 0.05) is 5.56 Å². The van der Waals surface area contributed by atoms with Gasteiger partial charge in [0.2, 0.25) is 0 Å². The molecule has 1 saturated carbocycles. The zero-order valence-electron chi connectivity index (χ0n) is 10.3. The van der Waals surface area contributed by atoms with Crippen LogP contribution in [-0.2, 0) is 5.60 Å². The van der Waals surface area contributed by atoms with Crippen LogP contribution in [0.25, 0.3) is 0 Å². The molecule has 1 aromatic heterocycles. The van der Waals surface area contributed by atoms with Crippen molar-refractivity contribution in [2.45, 2.75) is 51.6 Å². The van der Waals surface area contributed by atoms with E-state index in [1.54, 1.807) is 12.5 Å². The minimum Gasteiger partial charge on any atom is -0.472 e. The molecule has 1 heterocycles. The van der Waals surface area contributed by atoms with Gasteiger partial charge in [0.25, 0.3) is 0 Å². The Morgan fingerprint density at radius 2 is 2.19 bits per heavy atom. The third-order valence-electron chi connectivity index (χ3n) is 4.10. The first-order valence-electron chi connectivity index (χ1n) is 6.37. The lowest BCUT2D eigenvalue weighted by atomic mass is 9.86. The Morgan fingerprint density at radius 3 is 2.81 bits per heavy atom. The van der Waals surface area contributed by atoms with Gasteiger partial charge in [-0.25, -0.2) is 0 Å². The molecule has 1 aromatic rings. The zero-order valence-corrected chi connectivity index (χ0v) is 10.3. The molecule has 0 radical (unpaired) electrons. The average molecular weight is 222 g/mol. The third-order valence-corrected chi connectivity index (χ3v) is 4.10. The average Bonchev–Trinajstić information content (AvgIpc) is 2.70. The first kappa shape index (κ1) is 11.7. The van der Waals surface area contributed by atoms with E-state index in [0.717, 1.165) is 43.1 Å². The van der Waals surface area contributed by atoms with Crippen LogP contribution in [0.3, 0.4) is 0 Å². The van der Waals surface area contributed by atoms with E-state index in [9.17, 15) is 5.11 Å². The van der Waals surface area contributed by atoms with Gasteiger partial charge in [-0.05, 0) is 43.6 Å². The maximum absolute atomic E-state index is 10.7. The molecule has 1 N–H and O–H groups in total. The second-order valence-corrected chi connectivity index (χ2v) is 5.48. The van der Waals surface area contributed by atoms with Crippen LogP contribution in [0.5, 0.6) is 0 Å². The molecule has 0 saturated heterocycles. The van der Waals surface area contributed by atoms with Crippen molar-refractivity contribution in [2.24, 2.45) is 11.8 Å². The third kappa shape index (κ3) is 2.32. The van der Waals surface area contributed by atoms with E-state index in [1.807, 2.05) is 6.07 Å². The van der Waals surface area contributed by atoms with Gasteiger partial charge in [-0.1, -0.05) is 20.3 Å². The lowest BCUT2D eigenvalue weighted by molar-refractivity contribution is 0.0186. The lowest BCUT2D eigenvalue weighted by Crippen LogP contribution is -2.24. The van der Waals surface area contributed by atoms with Gasteiger partial charge in [-0.3, -0.25) is 0 Å². The van der Waals surface area contributed by atoms with E-state index in [4.69, 9.17) is 4.42 Å². The fourth-order valence-corrected chi connectivity index (χ4v) is 2.83. The van der Waals surface area contributed by atoms with Gasteiger partial charge in [0.1, 0.15) is 0 Å². The Kier molecular flexibility index (Phi) is 3.38. The maximum atomic E-state index is 10.7. The number of hydrogen-bond acceptors (Lipinski definition) is 2. The lowest BCUT2D eigenvalue weighted by Gasteiger charge is -2.25. The molecule has 90 valence electrons. The number of aliphatic hydroxyl groups is 1. The predicted octanol–water partition coefficient (Wildman–Crippen LogP) is 3.70. The number of hydrogen-bond donors (Lipinski definition) is 1. The summed E-state index contributed by atoms with van der Waals surface area (Å²) in [5.74, 6) is 1.49. The molecule has 1 fully saturated rings. The van der Waals surface area contributed by atoms with Gasteiger partial charge in [0.05, 0.1) is 18.1 Å². The molecule has 2 atom stereocenters. The predicted molar refractivity (Wildman–Crippen MR) is 64.0 cm³/mol. The molecular formula is C14H22O2. The Morgan fingerprint density at radius 1 is 1.38 bits per heavy atom. The first-order valence-corrected chi connectivity index (χ1v) is 6.37. The van der Waals surface area contributed by atoms with E-state index < -0.39 is 5.60 Å². The Hall–Kier alpha value is -0.760. The summed E-state index contributed by atoms with van der Waals surface area (Å²) >= 11 is 0. The summed E-state index contributed by atoms with van der Waals surface area (Å²) in [6.07, 6.45) is 8.57. The highest BCUT2D eigenvalue weighted by Gasteiger charge is 2.33. The van der Waals surface area contributed by atoms with Crippen molar-refractivity contribution in [3.63, 3.8) is 0 Å². The summed E-state index contributed by atoms with van der Waals surface area (Å²) in [4.78, 5) is 0. The maximum Gasteiger partial charge on any atom is 0.0963 e. The molecule has 2 rings (SSSR count). The summed E-state index contributed by atoms with van der Waals surface area (Å²) in [5, 5.41) is 10.7. The van der Waals surface area contributed by atoms with Crippen molar-refractivity contribution in [3.05, 3.63) is 24.2 Å². The number of rotatable bonds is 2. The Balaban J connectivity index is 2.08. The fraction of sp³-hybridized carbons (Fsp3) is 0.714. The van der Waals surface area contributed by atoms with Crippen molar-refractivity contribution >= 4 is 0 Å². The second kappa shape index (κ2) is 4.62. The minimum atomic E-state index is -0.642. The van der Waals surface area contributed by atoms with E-state index in [2.05, 4.69) is 13.8 Å². The van der Waals surface area contributed by atoms with Gasteiger partial charge in [-0.2, -0.15) is 0 Å². The van der Waals surface area contributed by atoms with Crippen LogP contribution in [0.4, 0.5) is 0 Å².